The quantitative estimate of drug-likeness (QED) is 0.820. The summed E-state index contributed by atoms with van der Waals surface area (Å²) in [7, 11) is -3.59. The molecule has 0 radical (unpaired) electrons. The first-order valence-electron chi connectivity index (χ1n) is 8.51. The number of hydrogen-bond acceptors (Lipinski definition) is 5. The van der Waals surface area contributed by atoms with E-state index in [2.05, 4.69) is 10.3 Å². The number of hydrogen-bond donors (Lipinski definition) is 1. The van der Waals surface area contributed by atoms with Gasteiger partial charge in [0.05, 0.1) is 4.90 Å². The molecule has 7 nitrogen and oxygen atoms in total. The summed E-state index contributed by atoms with van der Waals surface area (Å²) in [5, 5.41) is 3.05. The maximum atomic E-state index is 12.8. The summed E-state index contributed by atoms with van der Waals surface area (Å²) < 4.78 is 32.9. The highest BCUT2D eigenvalue weighted by atomic mass is 35.5. The average Bonchev–Trinajstić information content (AvgIpc) is 2.64. The minimum Gasteiger partial charge on any atom is -0.473 e. The number of rotatable bonds is 5. The summed E-state index contributed by atoms with van der Waals surface area (Å²) in [6, 6.07) is 9.57. The molecule has 0 atom stereocenters. The maximum Gasteiger partial charge on any atom is 0.243 e. The van der Waals surface area contributed by atoms with Gasteiger partial charge in [0, 0.05) is 31.9 Å². The number of carbonyl (C=O) groups is 1. The number of nitrogens with zero attached hydrogens (tertiary/aromatic N) is 2. The Morgan fingerprint density at radius 1 is 1.22 bits per heavy atom. The van der Waals surface area contributed by atoms with E-state index in [9.17, 15) is 13.2 Å². The van der Waals surface area contributed by atoms with Crippen LogP contribution in [0.15, 0.2) is 47.5 Å². The van der Waals surface area contributed by atoms with Crippen LogP contribution in [-0.4, -0.2) is 42.8 Å². The molecule has 1 aliphatic rings. The van der Waals surface area contributed by atoms with Crippen LogP contribution in [0.25, 0.3) is 0 Å². The monoisotopic (exact) mass is 409 g/mol. The summed E-state index contributed by atoms with van der Waals surface area (Å²) >= 11 is 6.05. The third-order valence-electron chi connectivity index (χ3n) is 4.22. The first kappa shape index (κ1) is 19.6. The van der Waals surface area contributed by atoms with Gasteiger partial charge in [0.1, 0.15) is 11.1 Å². The number of anilines is 1. The molecule has 0 spiro atoms. The van der Waals surface area contributed by atoms with Crippen molar-refractivity contribution in [3.63, 3.8) is 0 Å². The fraction of sp³-hybridized carbons (Fsp3) is 0.333. The summed E-state index contributed by atoms with van der Waals surface area (Å²) in [6.07, 6.45) is 2.57. The Bertz CT molecular complexity index is 910. The first-order valence-corrected chi connectivity index (χ1v) is 10.3. The van der Waals surface area contributed by atoms with Gasteiger partial charge in [-0.15, -0.1) is 0 Å². The molecule has 2 aromatic rings. The van der Waals surface area contributed by atoms with Crippen molar-refractivity contribution in [2.45, 2.75) is 30.8 Å². The summed E-state index contributed by atoms with van der Waals surface area (Å²) in [6.45, 7) is 2.10. The molecule has 0 saturated carbocycles. The zero-order chi connectivity index (χ0) is 19.4. The van der Waals surface area contributed by atoms with Crippen LogP contribution in [0.4, 0.5) is 5.69 Å². The van der Waals surface area contributed by atoms with E-state index < -0.39 is 10.0 Å². The third kappa shape index (κ3) is 4.77. The number of pyridine rings is 1. The highest BCUT2D eigenvalue weighted by molar-refractivity contribution is 7.89. The van der Waals surface area contributed by atoms with E-state index in [1.165, 1.54) is 23.4 Å². The van der Waals surface area contributed by atoms with Gasteiger partial charge in [-0.25, -0.2) is 13.4 Å². The summed E-state index contributed by atoms with van der Waals surface area (Å²) in [5.41, 5.74) is 0.556. The van der Waals surface area contributed by atoms with Gasteiger partial charge in [-0.1, -0.05) is 11.6 Å². The van der Waals surface area contributed by atoms with Crippen molar-refractivity contribution in [1.29, 1.82) is 0 Å². The number of ether oxygens (including phenoxy) is 1. The molecule has 27 heavy (non-hydrogen) atoms. The van der Waals surface area contributed by atoms with Crippen molar-refractivity contribution in [1.82, 2.24) is 9.29 Å². The van der Waals surface area contributed by atoms with E-state index in [-0.39, 0.29) is 16.9 Å². The van der Waals surface area contributed by atoms with Crippen molar-refractivity contribution in [2.75, 3.05) is 18.4 Å². The molecule has 0 aliphatic carbocycles. The van der Waals surface area contributed by atoms with Gasteiger partial charge < -0.3 is 10.1 Å². The van der Waals surface area contributed by atoms with Crippen molar-refractivity contribution >= 4 is 33.2 Å². The number of carbonyl (C=O) groups excluding carboxylic acids is 1. The topological polar surface area (TPSA) is 88.6 Å². The largest absolute Gasteiger partial charge is 0.473 e. The van der Waals surface area contributed by atoms with Crippen LogP contribution < -0.4 is 10.1 Å². The highest BCUT2D eigenvalue weighted by Gasteiger charge is 2.30. The second-order valence-electron chi connectivity index (χ2n) is 6.22. The van der Waals surface area contributed by atoms with Gasteiger partial charge in [-0.3, -0.25) is 4.79 Å². The predicted octanol–water partition coefficient (Wildman–Crippen LogP) is 2.93. The van der Waals surface area contributed by atoms with Gasteiger partial charge in [0.25, 0.3) is 0 Å². The van der Waals surface area contributed by atoms with Gasteiger partial charge in [0.2, 0.25) is 21.8 Å². The molecule has 1 amide bonds. The molecule has 1 fully saturated rings. The Balaban J connectivity index is 1.62. The van der Waals surface area contributed by atoms with Gasteiger partial charge in [0.15, 0.2) is 0 Å². The second kappa shape index (κ2) is 8.24. The lowest BCUT2D eigenvalue weighted by Gasteiger charge is -2.31. The predicted molar refractivity (Wildman–Crippen MR) is 102 cm³/mol. The smallest absolute Gasteiger partial charge is 0.243 e. The molecule has 1 aliphatic heterocycles. The molecule has 9 heteroatoms. The molecular formula is C18H20ClN3O4S. The molecule has 1 aromatic heterocycles. The second-order valence-corrected chi connectivity index (χ2v) is 8.56. The zero-order valence-corrected chi connectivity index (χ0v) is 16.3. The number of piperidine rings is 1. The number of halogens is 1. The molecule has 2 heterocycles. The summed E-state index contributed by atoms with van der Waals surface area (Å²) in [4.78, 5) is 15.4. The van der Waals surface area contributed by atoms with Crippen LogP contribution in [0, 0.1) is 0 Å². The molecule has 1 aromatic carbocycles. The number of amides is 1. The van der Waals surface area contributed by atoms with E-state index in [1.807, 2.05) is 0 Å². The molecule has 3 rings (SSSR count). The third-order valence-corrected chi connectivity index (χ3v) is 6.42. The van der Waals surface area contributed by atoms with Crippen molar-refractivity contribution in [3.8, 4) is 5.88 Å². The van der Waals surface area contributed by atoms with Crippen LogP contribution in [-0.2, 0) is 14.8 Å². The van der Waals surface area contributed by atoms with Crippen LogP contribution in [0.1, 0.15) is 19.8 Å². The van der Waals surface area contributed by atoms with Crippen LogP contribution in [0.2, 0.25) is 5.02 Å². The lowest BCUT2D eigenvalue weighted by Crippen LogP contribution is -2.41. The SMILES string of the molecule is CC(=O)Nc1ccc(S(=O)(=O)N2CCC(Oc3ncccc3Cl)CC2)cc1. The average molecular weight is 410 g/mol. The maximum absolute atomic E-state index is 12.8. The van der Waals surface area contributed by atoms with E-state index in [0.717, 1.165) is 0 Å². The van der Waals surface area contributed by atoms with E-state index >= 15 is 0 Å². The van der Waals surface area contributed by atoms with E-state index in [1.54, 1.807) is 30.5 Å². The Hall–Kier alpha value is -2.16. The standard InChI is InChI=1S/C18H20ClN3O4S/c1-13(23)21-14-4-6-16(7-5-14)27(24,25)22-11-8-15(9-12-22)26-18-17(19)3-2-10-20-18/h2-7,10,15H,8-9,11-12H2,1H3,(H,21,23). The van der Waals surface area contributed by atoms with E-state index in [0.29, 0.717) is 42.5 Å². The molecule has 0 bridgehead atoms. The van der Waals surface area contributed by atoms with Crippen molar-refractivity contribution in [2.24, 2.45) is 0 Å². The van der Waals surface area contributed by atoms with Gasteiger partial charge >= 0.3 is 0 Å². The Morgan fingerprint density at radius 2 is 1.89 bits per heavy atom. The Labute approximate surface area is 163 Å². The highest BCUT2D eigenvalue weighted by Crippen LogP contribution is 2.26. The Kier molecular flexibility index (Phi) is 5.98. The lowest BCUT2D eigenvalue weighted by atomic mass is 10.1. The molecular weight excluding hydrogens is 390 g/mol. The Morgan fingerprint density at radius 3 is 2.48 bits per heavy atom. The van der Waals surface area contributed by atoms with Crippen molar-refractivity contribution < 1.29 is 17.9 Å². The van der Waals surface area contributed by atoms with Crippen LogP contribution >= 0.6 is 11.6 Å². The van der Waals surface area contributed by atoms with Crippen molar-refractivity contribution in [3.05, 3.63) is 47.6 Å². The number of aromatic nitrogens is 1. The van der Waals surface area contributed by atoms with Gasteiger partial charge in [-0.2, -0.15) is 4.31 Å². The normalized spacial score (nSPS) is 16.1. The minimum absolute atomic E-state index is 0.133. The van der Waals surface area contributed by atoms with E-state index in [4.69, 9.17) is 16.3 Å². The first-order chi connectivity index (χ1) is 12.9. The molecule has 1 saturated heterocycles. The van der Waals surface area contributed by atoms with Crippen LogP contribution in [0.5, 0.6) is 5.88 Å². The molecule has 0 unspecified atom stereocenters. The minimum atomic E-state index is -3.59. The van der Waals surface area contributed by atoms with Gasteiger partial charge in [-0.05, 0) is 49.2 Å². The molecule has 1 N–H and O–H groups in total. The lowest BCUT2D eigenvalue weighted by molar-refractivity contribution is -0.114. The summed E-state index contributed by atoms with van der Waals surface area (Å²) in [5.74, 6) is 0.162. The number of nitrogens with one attached hydrogen (secondary N) is 1. The number of sulfonamides is 1. The fourth-order valence-electron chi connectivity index (χ4n) is 2.87. The fourth-order valence-corrected chi connectivity index (χ4v) is 4.50. The van der Waals surface area contributed by atoms with Crippen LogP contribution in [0.3, 0.4) is 0 Å². The number of benzene rings is 1. The molecule has 144 valence electrons. The zero-order valence-electron chi connectivity index (χ0n) is 14.8.